The van der Waals surface area contributed by atoms with Crippen LogP contribution in [0.4, 0.5) is 5.69 Å². The third-order valence-electron chi connectivity index (χ3n) is 2.35. The van der Waals surface area contributed by atoms with Gasteiger partial charge in [0.15, 0.2) is 0 Å². The molecule has 3 N–H and O–H groups in total. The van der Waals surface area contributed by atoms with Crippen molar-refractivity contribution in [1.82, 2.24) is 14.9 Å². The van der Waals surface area contributed by atoms with Gasteiger partial charge in [-0.3, -0.25) is 0 Å². The van der Waals surface area contributed by atoms with Crippen molar-refractivity contribution < 1.29 is 8.42 Å². The molecule has 0 aliphatic rings. The smallest absolute Gasteiger partial charge is 0.240 e. The van der Waals surface area contributed by atoms with E-state index in [2.05, 4.69) is 14.9 Å². The Morgan fingerprint density at radius 1 is 1.32 bits per heavy atom. The number of rotatable bonds is 4. The molecule has 6 nitrogen and oxygen atoms in total. The van der Waals surface area contributed by atoms with Crippen LogP contribution >= 0.6 is 11.6 Å². The van der Waals surface area contributed by atoms with E-state index in [4.69, 9.17) is 17.3 Å². The predicted octanol–water partition coefficient (Wildman–Crippen LogP) is 1.19. The minimum atomic E-state index is -3.66. The molecular formula is C11H11ClN4O2S. The number of nitrogens with two attached hydrogens (primary N) is 1. The van der Waals surface area contributed by atoms with Gasteiger partial charge in [0.25, 0.3) is 0 Å². The van der Waals surface area contributed by atoms with Gasteiger partial charge in [0.05, 0.1) is 27.8 Å². The Morgan fingerprint density at radius 3 is 2.74 bits per heavy atom. The Hall–Kier alpha value is -1.70. The first-order chi connectivity index (χ1) is 8.99. The standard InChI is InChI=1S/C11H11ClN4O2S/c12-10-6-9(3-4-11(10)13)19(17,18)15-7-8-2-1-5-14-16-8/h1-6,15H,7,13H2. The molecular weight excluding hydrogens is 288 g/mol. The van der Waals surface area contributed by atoms with Gasteiger partial charge in [-0.05, 0) is 30.3 Å². The number of nitrogens with one attached hydrogen (secondary N) is 1. The zero-order valence-corrected chi connectivity index (χ0v) is 11.3. The number of nitrogen functional groups attached to an aromatic ring is 1. The molecule has 0 aliphatic heterocycles. The highest BCUT2D eigenvalue weighted by Gasteiger charge is 2.15. The summed E-state index contributed by atoms with van der Waals surface area (Å²) < 4.78 is 26.4. The lowest BCUT2D eigenvalue weighted by Gasteiger charge is -2.07. The highest BCUT2D eigenvalue weighted by Crippen LogP contribution is 2.22. The molecule has 19 heavy (non-hydrogen) atoms. The summed E-state index contributed by atoms with van der Waals surface area (Å²) in [6.45, 7) is 0.0537. The lowest BCUT2D eigenvalue weighted by molar-refractivity contribution is 0.580. The number of halogens is 1. The Morgan fingerprint density at radius 2 is 2.11 bits per heavy atom. The molecule has 8 heteroatoms. The summed E-state index contributed by atoms with van der Waals surface area (Å²) in [6, 6.07) is 7.48. The summed E-state index contributed by atoms with van der Waals surface area (Å²) in [5.41, 5.74) is 6.38. The van der Waals surface area contributed by atoms with Crippen LogP contribution in [-0.4, -0.2) is 18.6 Å². The summed E-state index contributed by atoms with van der Waals surface area (Å²) in [6.07, 6.45) is 1.51. The second-order valence-corrected chi connectivity index (χ2v) is 5.90. The van der Waals surface area contributed by atoms with Gasteiger partial charge in [-0.25, -0.2) is 13.1 Å². The molecule has 100 valence electrons. The maximum atomic E-state index is 12.0. The van der Waals surface area contributed by atoms with Gasteiger partial charge < -0.3 is 5.73 Å². The molecule has 0 fully saturated rings. The number of benzene rings is 1. The first kappa shape index (κ1) is 13.7. The minimum absolute atomic E-state index is 0.0515. The van der Waals surface area contributed by atoms with Crippen molar-refractivity contribution >= 4 is 27.3 Å². The molecule has 1 heterocycles. The fourth-order valence-electron chi connectivity index (χ4n) is 1.36. The Labute approximate surface area is 115 Å². The summed E-state index contributed by atoms with van der Waals surface area (Å²) >= 11 is 5.80. The van der Waals surface area contributed by atoms with E-state index in [9.17, 15) is 8.42 Å². The topological polar surface area (TPSA) is 98.0 Å². The fraction of sp³-hybridized carbons (Fsp3) is 0.0909. The SMILES string of the molecule is Nc1ccc(S(=O)(=O)NCc2cccnn2)cc1Cl. The van der Waals surface area contributed by atoms with Crippen molar-refractivity contribution in [3.8, 4) is 0 Å². The summed E-state index contributed by atoms with van der Waals surface area (Å²) in [5, 5.41) is 7.64. The van der Waals surface area contributed by atoms with Crippen LogP contribution in [0.25, 0.3) is 0 Å². The normalized spacial score (nSPS) is 11.4. The third-order valence-corrected chi connectivity index (χ3v) is 4.08. The second kappa shape index (κ2) is 5.52. The van der Waals surface area contributed by atoms with Crippen LogP contribution in [0.3, 0.4) is 0 Å². The fourth-order valence-corrected chi connectivity index (χ4v) is 2.63. The van der Waals surface area contributed by atoms with Crippen molar-refractivity contribution in [2.45, 2.75) is 11.4 Å². The van der Waals surface area contributed by atoms with Crippen LogP contribution in [0, 0.1) is 0 Å². The minimum Gasteiger partial charge on any atom is -0.398 e. The van der Waals surface area contributed by atoms with E-state index in [1.807, 2.05) is 0 Å². The van der Waals surface area contributed by atoms with Crippen molar-refractivity contribution in [2.75, 3.05) is 5.73 Å². The van der Waals surface area contributed by atoms with E-state index in [1.165, 1.54) is 24.4 Å². The molecule has 0 unspecified atom stereocenters. The van der Waals surface area contributed by atoms with Crippen molar-refractivity contribution in [1.29, 1.82) is 0 Å². The van der Waals surface area contributed by atoms with Crippen molar-refractivity contribution in [3.63, 3.8) is 0 Å². The van der Waals surface area contributed by atoms with Crippen LogP contribution in [0.5, 0.6) is 0 Å². The van der Waals surface area contributed by atoms with E-state index in [-0.39, 0.29) is 16.5 Å². The Bertz CT molecular complexity index is 676. The molecule has 0 bridgehead atoms. The van der Waals surface area contributed by atoms with Gasteiger partial charge in [0.2, 0.25) is 10.0 Å². The largest absolute Gasteiger partial charge is 0.398 e. The Kier molecular flexibility index (Phi) is 3.98. The quantitative estimate of drug-likeness (QED) is 0.826. The molecule has 1 aromatic carbocycles. The summed E-state index contributed by atoms with van der Waals surface area (Å²) in [7, 11) is -3.66. The van der Waals surface area contributed by atoms with Crippen LogP contribution in [0.15, 0.2) is 41.4 Å². The molecule has 0 atom stereocenters. The van der Waals surface area contributed by atoms with Crippen LogP contribution in [0.2, 0.25) is 5.02 Å². The van der Waals surface area contributed by atoms with E-state index in [1.54, 1.807) is 12.1 Å². The first-order valence-corrected chi connectivity index (χ1v) is 7.16. The molecule has 2 rings (SSSR count). The molecule has 0 radical (unpaired) electrons. The summed E-state index contributed by atoms with van der Waals surface area (Å²) in [4.78, 5) is 0.0515. The molecule has 0 saturated carbocycles. The highest BCUT2D eigenvalue weighted by atomic mass is 35.5. The van der Waals surface area contributed by atoms with Crippen LogP contribution < -0.4 is 10.5 Å². The molecule has 1 aromatic heterocycles. The van der Waals surface area contributed by atoms with Crippen molar-refractivity contribution in [2.24, 2.45) is 0 Å². The maximum absolute atomic E-state index is 12.0. The van der Waals surface area contributed by atoms with Gasteiger partial charge in [-0.15, -0.1) is 0 Å². The average molecular weight is 299 g/mol. The molecule has 2 aromatic rings. The lowest BCUT2D eigenvalue weighted by atomic mass is 10.3. The number of aromatic nitrogens is 2. The first-order valence-electron chi connectivity index (χ1n) is 5.30. The second-order valence-electron chi connectivity index (χ2n) is 3.72. The maximum Gasteiger partial charge on any atom is 0.240 e. The average Bonchev–Trinajstić information content (AvgIpc) is 2.41. The van der Waals surface area contributed by atoms with E-state index in [0.29, 0.717) is 11.4 Å². The van der Waals surface area contributed by atoms with Gasteiger partial charge in [-0.1, -0.05) is 11.6 Å². The number of nitrogens with zero attached hydrogens (tertiary/aromatic N) is 2. The van der Waals surface area contributed by atoms with E-state index in [0.717, 1.165) is 0 Å². The summed E-state index contributed by atoms with van der Waals surface area (Å²) in [5.74, 6) is 0. The molecule has 0 aliphatic carbocycles. The molecule has 0 saturated heterocycles. The lowest BCUT2D eigenvalue weighted by Crippen LogP contribution is -2.23. The number of sulfonamides is 1. The third kappa shape index (κ3) is 3.40. The van der Waals surface area contributed by atoms with E-state index >= 15 is 0 Å². The highest BCUT2D eigenvalue weighted by molar-refractivity contribution is 7.89. The zero-order valence-electron chi connectivity index (χ0n) is 9.75. The van der Waals surface area contributed by atoms with Gasteiger partial charge in [0.1, 0.15) is 0 Å². The molecule has 0 amide bonds. The number of hydrogen-bond acceptors (Lipinski definition) is 5. The number of hydrogen-bond donors (Lipinski definition) is 2. The number of anilines is 1. The van der Waals surface area contributed by atoms with Gasteiger partial charge in [0, 0.05) is 6.20 Å². The Balaban J connectivity index is 2.16. The molecule has 0 spiro atoms. The van der Waals surface area contributed by atoms with Crippen LogP contribution in [-0.2, 0) is 16.6 Å². The van der Waals surface area contributed by atoms with Crippen LogP contribution in [0.1, 0.15) is 5.69 Å². The van der Waals surface area contributed by atoms with Crippen molar-refractivity contribution in [3.05, 3.63) is 47.2 Å². The van der Waals surface area contributed by atoms with Gasteiger partial charge in [-0.2, -0.15) is 10.2 Å². The predicted molar refractivity (Wildman–Crippen MR) is 71.9 cm³/mol. The van der Waals surface area contributed by atoms with Gasteiger partial charge >= 0.3 is 0 Å². The monoisotopic (exact) mass is 298 g/mol. The van der Waals surface area contributed by atoms with E-state index < -0.39 is 10.0 Å². The zero-order chi connectivity index (χ0) is 13.9.